The van der Waals surface area contributed by atoms with Crippen LogP contribution in [0.3, 0.4) is 0 Å². The van der Waals surface area contributed by atoms with Crippen LogP contribution in [0.2, 0.25) is 0 Å². The third kappa shape index (κ3) is 3.60. The summed E-state index contributed by atoms with van der Waals surface area (Å²) in [7, 11) is 0. The van der Waals surface area contributed by atoms with Gasteiger partial charge < -0.3 is 5.32 Å². The van der Waals surface area contributed by atoms with Crippen LogP contribution >= 0.6 is 11.8 Å². The molecule has 6 heteroatoms. The highest BCUT2D eigenvalue weighted by atomic mass is 32.2. The van der Waals surface area contributed by atoms with Crippen molar-refractivity contribution in [3.63, 3.8) is 0 Å². The molecule has 0 atom stereocenters. The van der Waals surface area contributed by atoms with E-state index in [4.69, 9.17) is 0 Å². The fourth-order valence-electron chi connectivity index (χ4n) is 2.20. The van der Waals surface area contributed by atoms with Gasteiger partial charge in [-0.25, -0.2) is 0 Å². The van der Waals surface area contributed by atoms with Crippen LogP contribution in [-0.4, -0.2) is 27.3 Å². The highest BCUT2D eigenvalue weighted by Gasteiger charge is 2.13. The van der Waals surface area contributed by atoms with E-state index in [0.29, 0.717) is 16.9 Å². The topological polar surface area (TPSA) is 70.7 Å². The van der Waals surface area contributed by atoms with E-state index in [0.717, 1.165) is 11.4 Å². The molecule has 0 aliphatic heterocycles. The minimum Gasteiger partial charge on any atom is -0.319 e. The van der Waals surface area contributed by atoms with Crippen molar-refractivity contribution in [2.45, 2.75) is 5.75 Å². The lowest BCUT2D eigenvalue weighted by atomic mass is 10.1. The number of anilines is 1. The lowest BCUT2D eigenvalue weighted by Crippen LogP contribution is -2.12. The van der Waals surface area contributed by atoms with Gasteiger partial charge in [0.15, 0.2) is 0 Å². The van der Waals surface area contributed by atoms with Crippen LogP contribution < -0.4 is 5.32 Å². The minimum absolute atomic E-state index is 0.167. The number of carbonyl (C=O) groups is 1. The Kier molecular flexibility index (Phi) is 4.73. The third-order valence-electron chi connectivity index (χ3n) is 3.34. The van der Waals surface area contributed by atoms with Crippen LogP contribution in [0.25, 0.3) is 11.4 Å². The summed E-state index contributed by atoms with van der Waals surface area (Å²) >= 11 is 1.75. The fourth-order valence-corrected chi connectivity index (χ4v) is 2.73. The molecule has 2 N–H and O–H groups in total. The number of hydrogen-bond acceptors (Lipinski definition) is 4. The highest BCUT2D eigenvalue weighted by Crippen LogP contribution is 2.23. The van der Waals surface area contributed by atoms with E-state index in [1.165, 1.54) is 5.56 Å². The van der Waals surface area contributed by atoms with Crippen LogP contribution in [-0.2, 0) is 5.75 Å². The summed E-state index contributed by atoms with van der Waals surface area (Å²) in [5.41, 5.74) is 3.85. The summed E-state index contributed by atoms with van der Waals surface area (Å²) in [6.45, 7) is 0. The molecule has 0 fully saturated rings. The Labute approximate surface area is 138 Å². The Bertz CT molecular complexity index is 784. The number of aromatic nitrogens is 3. The summed E-state index contributed by atoms with van der Waals surface area (Å²) in [6.07, 6.45) is 5.34. The summed E-state index contributed by atoms with van der Waals surface area (Å²) in [5.74, 6) is 0.771. The van der Waals surface area contributed by atoms with E-state index in [1.807, 2.05) is 42.5 Å². The maximum Gasteiger partial charge on any atom is 0.255 e. The monoisotopic (exact) mass is 324 g/mol. The lowest BCUT2D eigenvalue weighted by molar-refractivity contribution is 0.102. The Morgan fingerprint density at radius 2 is 2.04 bits per heavy atom. The van der Waals surface area contributed by atoms with Crippen molar-refractivity contribution in [1.82, 2.24) is 15.2 Å². The summed E-state index contributed by atoms with van der Waals surface area (Å²) in [4.78, 5) is 16.7. The van der Waals surface area contributed by atoms with E-state index in [-0.39, 0.29) is 5.91 Å². The second kappa shape index (κ2) is 7.11. The van der Waals surface area contributed by atoms with Crippen molar-refractivity contribution in [3.05, 3.63) is 66.0 Å². The summed E-state index contributed by atoms with van der Waals surface area (Å²) < 4.78 is 0. The van der Waals surface area contributed by atoms with Gasteiger partial charge in [0.2, 0.25) is 0 Å². The van der Waals surface area contributed by atoms with E-state index in [1.54, 1.807) is 24.2 Å². The third-order valence-corrected chi connectivity index (χ3v) is 3.96. The summed E-state index contributed by atoms with van der Waals surface area (Å²) in [5, 5.41) is 9.75. The number of amides is 1. The number of hydrogen-bond donors (Lipinski definition) is 2. The molecule has 2 aromatic heterocycles. The van der Waals surface area contributed by atoms with Gasteiger partial charge in [-0.1, -0.05) is 18.2 Å². The lowest BCUT2D eigenvalue weighted by Gasteiger charge is -2.06. The average molecular weight is 324 g/mol. The average Bonchev–Trinajstić information content (AvgIpc) is 3.05. The molecule has 3 aromatic rings. The van der Waals surface area contributed by atoms with Gasteiger partial charge in [0.25, 0.3) is 5.91 Å². The van der Waals surface area contributed by atoms with Gasteiger partial charge in [0.1, 0.15) is 5.69 Å². The van der Waals surface area contributed by atoms with Gasteiger partial charge in [-0.2, -0.15) is 16.9 Å². The molecule has 0 bridgehead atoms. The molecule has 3 rings (SSSR count). The van der Waals surface area contributed by atoms with Crippen molar-refractivity contribution in [3.8, 4) is 11.4 Å². The number of nitrogens with zero attached hydrogens (tertiary/aromatic N) is 2. The van der Waals surface area contributed by atoms with Crippen LogP contribution in [0, 0.1) is 0 Å². The number of pyridine rings is 1. The molecule has 0 unspecified atom stereocenters. The number of H-pyrrole nitrogens is 1. The molecule has 23 heavy (non-hydrogen) atoms. The SMILES string of the molecule is CSCc1ccc(C(=O)Nc2cn[nH]c2-c2ccccn2)cc1. The smallest absolute Gasteiger partial charge is 0.255 e. The first-order valence-electron chi connectivity index (χ1n) is 7.12. The van der Waals surface area contributed by atoms with Gasteiger partial charge in [-0.15, -0.1) is 0 Å². The van der Waals surface area contributed by atoms with Crippen LogP contribution in [0.4, 0.5) is 5.69 Å². The molecule has 0 radical (unpaired) electrons. The Morgan fingerprint density at radius 1 is 1.22 bits per heavy atom. The molecule has 116 valence electrons. The Balaban J connectivity index is 1.77. The number of thioether (sulfide) groups is 1. The fraction of sp³-hybridized carbons (Fsp3) is 0.118. The second-order valence-corrected chi connectivity index (χ2v) is 5.82. The van der Waals surface area contributed by atoms with Gasteiger partial charge in [-0.05, 0) is 36.1 Å². The van der Waals surface area contributed by atoms with Crippen molar-refractivity contribution < 1.29 is 4.79 Å². The van der Waals surface area contributed by atoms with Gasteiger partial charge >= 0.3 is 0 Å². The van der Waals surface area contributed by atoms with E-state index < -0.39 is 0 Å². The molecule has 2 heterocycles. The molecular weight excluding hydrogens is 308 g/mol. The first kappa shape index (κ1) is 15.3. The number of rotatable bonds is 5. The van der Waals surface area contributed by atoms with Crippen molar-refractivity contribution in [1.29, 1.82) is 0 Å². The molecule has 5 nitrogen and oxygen atoms in total. The van der Waals surface area contributed by atoms with Crippen molar-refractivity contribution >= 4 is 23.4 Å². The predicted octanol–water partition coefficient (Wildman–Crippen LogP) is 3.59. The zero-order valence-electron chi connectivity index (χ0n) is 12.6. The number of benzene rings is 1. The van der Waals surface area contributed by atoms with Crippen molar-refractivity contribution in [2.24, 2.45) is 0 Å². The Hall–Kier alpha value is -2.60. The van der Waals surface area contributed by atoms with Gasteiger partial charge in [0, 0.05) is 17.5 Å². The second-order valence-electron chi connectivity index (χ2n) is 4.96. The maximum absolute atomic E-state index is 12.4. The van der Waals surface area contributed by atoms with E-state index in [9.17, 15) is 4.79 Å². The summed E-state index contributed by atoms with van der Waals surface area (Å²) in [6, 6.07) is 13.2. The van der Waals surface area contributed by atoms with Gasteiger partial charge in [0.05, 0.1) is 17.6 Å². The first-order valence-corrected chi connectivity index (χ1v) is 8.51. The molecule has 0 aliphatic carbocycles. The minimum atomic E-state index is -0.167. The molecule has 0 saturated carbocycles. The largest absolute Gasteiger partial charge is 0.319 e. The normalized spacial score (nSPS) is 10.5. The maximum atomic E-state index is 12.4. The molecule has 1 amide bonds. The van der Waals surface area contributed by atoms with Crippen LogP contribution in [0.1, 0.15) is 15.9 Å². The zero-order valence-corrected chi connectivity index (χ0v) is 13.4. The molecule has 0 spiro atoms. The molecule has 1 aromatic carbocycles. The zero-order chi connectivity index (χ0) is 16.1. The molecule has 0 aliphatic rings. The number of carbonyl (C=O) groups excluding carboxylic acids is 1. The first-order chi connectivity index (χ1) is 11.3. The molecule has 0 saturated heterocycles. The predicted molar refractivity (Wildman–Crippen MR) is 93.4 cm³/mol. The highest BCUT2D eigenvalue weighted by molar-refractivity contribution is 7.97. The van der Waals surface area contributed by atoms with Crippen LogP contribution in [0.5, 0.6) is 0 Å². The molecular formula is C17H16N4OS. The van der Waals surface area contributed by atoms with Crippen LogP contribution in [0.15, 0.2) is 54.9 Å². The van der Waals surface area contributed by atoms with E-state index in [2.05, 4.69) is 26.8 Å². The Morgan fingerprint density at radius 3 is 2.74 bits per heavy atom. The number of aromatic amines is 1. The quantitative estimate of drug-likeness (QED) is 0.752. The van der Waals surface area contributed by atoms with Gasteiger partial charge in [-0.3, -0.25) is 14.9 Å². The van der Waals surface area contributed by atoms with Crippen molar-refractivity contribution in [2.75, 3.05) is 11.6 Å². The standard InChI is InChI=1S/C17H16N4OS/c1-23-11-12-5-7-13(8-6-12)17(22)20-15-10-19-21-16(15)14-4-2-3-9-18-14/h2-10H,11H2,1H3,(H,19,21)(H,20,22). The van der Waals surface area contributed by atoms with E-state index >= 15 is 0 Å². The number of nitrogens with one attached hydrogen (secondary N) is 2.